The highest BCUT2D eigenvalue weighted by Gasteiger charge is 2.11. The molecule has 0 aliphatic rings. The smallest absolute Gasteiger partial charge is 0.248 e. The number of halogens is 2. The van der Waals surface area contributed by atoms with Crippen LogP contribution in [0.15, 0.2) is 75.6 Å². The second-order valence-electron chi connectivity index (χ2n) is 7.08. The Kier molecular flexibility index (Phi) is 6.51. The minimum atomic E-state index is -0.295. The van der Waals surface area contributed by atoms with Gasteiger partial charge < -0.3 is 19.3 Å². The maximum atomic E-state index is 12.3. The molecule has 0 unspecified atom stereocenters. The number of hydrogen-bond acceptors (Lipinski definition) is 4. The summed E-state index contributed by atoms with van der Waals surface area (Å²) in [5.41, 5.74) is 3.16. The van der Waals surface area contributed by atoms with Crippen LogP contribution in [0, 0.1) is 6.92 Å². The van der Waals surface area contributed by atoms with Gasteiger partial charge in [-0.05, 0) is 73.2 Å². The van der Waals surface area contributed by atoms with Gasteiger partial charge in [0.2, 0.25) is 5.91 Å². The lowest BCUT2D eigenvalue weighted by molar-refractivity contribution is -0.111. The molecule has 1 amide bonds. The van der Waals surface area contributed by atoms with Gasteiger partial charge in [0.15, 0.2) is 0 Å². The maximum absolute atomic E-state index is 12.3. The van der Waals surface area contributed by atoms with E-state index in [-0.39, 0.29) is 12.5 Å². The zero-order valence-corrected chi connectivity index (χ0v) is 18.6. The van der Waals surface area contributed by atoms with Gasteiger partial charge in [0, 0.05) is 22.9 Å². The van der Waals surface area contributed by atoms with Gasteiger partial charge in [0.05, 0.1) is 10.0 Å². The van der Waals surface area contributed by atoms with E-state index in [1.165, 1.54) is 6.08 Å². The summed E-state index contributed by atoms with van der Waals surface area (Å²) < 4.78 is 11.3. The van der Waals surface area contributed by atoms with Crippen molar-refractivity contribution in [1.82, 2.24) is 0 Å². The molecule has 0 spiro atoms. The topological polar surface area (TPSA) is 75.6 Å². The van der Waals surface area contributed by atoms with Crippen molar-refractivity contribution in [3.05, 3.63) is 93.9 Å². The number of carbonyl (C=O) groups excluding carboxylic acids is 1. The molecule has 2 heterocycles. The largest absolute Gasteiger partial charge is 0.459 e. The highest BCUT2D eigenvalue weighted by atomic mass is 35.5. The second kappa shape index (κ2) is 9.49. The van der Waals surface area contributed by atoms with Crippen LogP contribution in [0.1, 0.15) is 17.1 Å². The Morgan fingerprint density at radius 2 is 1.78 bits per heavy atom. The molecule has 4 aromatic rings. The number of rotatable bonds is 6. The monoisotopic (exact) mass is 467 g/mol. The van der Waals surface area contributed by atoms with Crippen molar-refractivity contribution in [2.45, 2.75) is 13.5 Å². The van der Waals surface area contributed by atoms with Gasteiger partial charge in [-0.1, -0.05) is 29.3 Å². The Morgan fingerprint density at radius 1 is 1.00 bits per heavy atom. The third kappa shape index (κ3) is 4.81. The molecule has 7 heteroatoms. The van der Waals surface area contributed by atoms with Crippen molar-refractivity contribution in [3.8, 4) is 22.6 Å². The predicted octanol–water partition coefficient (Wildman–Crippen LogP) is 6.97. The average molecular weight is 468 g/mol. The molecule has 0 aliphatic carbocycles. The van der Waals surface area contributed by atoms with Gasteiger partial charge in [0.1, 0.15) is 29.6 Å². The predicted molar refractivity (Wildman–Crippen MR) is 127 cm³/mol. The third-order valence-corrected chi connectivity index (χ3v) is 5.64. The van der Waals surface area contributed by atoms with Crippen molar-refractivity contribution >= 4 is 40.9 Å². The average Bonchev–Trinajstić information content (AvgIpc) is 3.44. The Bertz CT molecular complexity index is 1300. The van der Waals surface area contributed by atoms with Gasteiger partial charge in [0.25, 0.3) is 0 Å². The molecule has 32 heavy (non-hydrogen) atoms. The first-order chi connectivity index (χ1) is 15.4. The van der Waals surface area contributed by atoms with Crippen LogP contribution in [0.4, 0.5) is 5.69 Å². The number of anilines is 1. The van der Waals surface area contributed by atoms with E-state index in [9.17, 15) is 4.79 Å². The fourth-order valence-corrected chi connectivity index (χ4v) is 3.64. The minimum absolute atomic E-state index is 0.150. The lowest BCUT2D eigenvalue weighted by Crippen LogP contribution is -2.07. The molecule has 0 radical (unpaired) electrons. The molecule has 2 N–H and O–H groups in total. The lowest BCUT2D eigenvalue weighted by atomic mass is 10.1. The van der Waals surface area contributed by atoms with Crippen LogP contribution >= 0.6 is 23.2 Å². The molecule has 0 atom stereocenters. The fourth-order valence-electron chi connectivity index (χ4n) is 3.25. The highest BCUT2D eigenvalue weighted by Crippen LogP contribution is 2.34. The summed E-state index contributed by atoms with van der Waals surface area (Å²) in [6.07, 6.45) is 2.98. The molecule has 2 aromatic carbocycles. The normalized spacial score (nSPS) is 11.2. The quantitative estimate of drug-likeness (QED) is 0.300. The molecule has 2 aromatic heterocycles. The van der Waals surface area contributed by atoms with Crippen molar-refractivity contribution in [3.63, 3.8) is 0 Å². The fraction of sp³-hybridized carbons (Fsp3) is 0.0800. The Hall–Kier alpha value is -3.25. The van der Waals surface area contributed by atoms with E-state index in [0.717, 1.165) is 11.1 Å². The molecule has 162 valence electrons. The standard InChI is InChI=1S/C25H19Cl2NO4/c1-15-13-16(5-9-19(15)22-11-7-18(14-29)32-22)28-24(30)12-8-17-6-10-23(31-17)20-3-2-4-21(26)25(20)27/h2-13,29H,14H2,1H3,(H,28,30)/b12-8+. The van der Waals surface area contributed by atoms with Crippen LogP contribution in [-0.2, 0) is 11.4 Å². The Balaban J connectivity index is 1.43. The SMILES string of the molecule is Cc1cc(NC(=O)/C=C/c2ccc(-c3cccc(Cl)c3Cl)o2)ccc1-c1ccc(CO)o1. The molecular weight excluding hydrogens is 449 g/mol. The van der Waals surface area contributed by atoms with Gasteiger partial charge in [-0.15, -0.1) is 0 Å². The van der Waals surface area contributed by atoms with Crippen molar-refractivity contribution in [1.29, 1.82) is 0 Å². The summed E-state index contributed by atoms with van der Waals surface area (Å²) in [6, 6.07) is 17.9. The maximum Gasteiger partial charge on any atom is 0.248 e. The summed E-state index contributed by atoms with van der Waals surface area (Å²) in [6.45, 7) is 1.77. The molecular formula is C25H19Cl2NO4. The van der Waals surface area contributed by atoms with E-state index in [1.54, 1.807) is 42.5 Å². The molecule has 0 aliphatic heterocycles. The summed E-state index contributed by atoms with van der Waals surface area (Å²) in [4.78, 5) is 12.3. The molecule has 0 saturated carbocycles. The van der Waals surface area contributed by atoms with E-state index in [2.05, 4.69) is 5.32 Å². The van der Waals surface area contributed by atoms with E-state index in [4.69, 9.17) is 37.1 Å². The summed E-state index contributed by atoms with van der Waals surface area (Å²) >= 11 is 12.3. The van der Waals surface area contributed by atoms with Crippen molar-refractivity contribution < 1.29 is 18.7 Å². The van der Waals surface area contributed by atoms with E-state index in [1.807, 2.05) is 31.2 Å². The van der Waals surface area contributed by atoms with Crippen LogP contribution in [-0.4, -0.2) is 11.0 Å². The number of carbonyl (C=O) groups is 1. The zero-order chi connectivity index (χ0) is 22.7. The first kappa shape index (κ1) is 22.0. The number of aliphatic hydroxyl groups is 1. The van der Waals surface area contributed by atoms with Crippen LogP contribution in [0.25, 0.3) is 28.7 Å². The number of furan rings is 2. The Labute approximate surface area is 194 Å². The van der Waals surface area contributed by atoms with Gasteiger partial charge in [-0.3, -0.25) is 4.79 Å². The first-order valence-corrected chi connectivity index (χ1v) is 10.5. The zero-order valence-electron chi connectivity index (χ0n) is 17.1. The van der Waals surface area contributed by atoms with Crippen LogP contribution in [0.3, 0.4) is 0 Å². The first-order valence-electron chi connectivity index (χ1n) is 9.78. The van der Waals surface area contributed by atoms with Crippen molar-refractivity contribution in [2.24, 2.45) is 0 Å². The number of hydrogen-bond donors (Lipinski definition) is 2. The Morgan fingerprint density at radius 3 is 2.53 bits per heavy atom. The van der Waals surface area contributed by atoms with Gasteiger partial charge in [-0.25, -0.2) is 0 Å². The van der Waals surface area contributed by atoms with Gasteiger partial charge in [-0.2, -0.15) is 0 Å². The van der Waals surface area contributed by atoms with Crippen LogP contribution in [0.2, 0.25) is 10.0 Å². The van der Waals surface area contributed by atoms with E-state index >= 15 is 0 Å². The van der Waals surface area contributed by atoms with Gasteiger partial charge >= 0.3 is 0 Å². The third-order valence-electron chi connectivity index (χ3n) is 4.82. The number of nitrogens with one attached hydrogen (secondary N) is 1. The summed E-state index contributed by atoms with van der Waals surface area (Å²) in [7, 11) is 0. The van der Waals surface area contributed by atoms with E-state index < -0.39 is 0 Å². The van der Waals surface area contributed by atoms with Crippen LogP contribution < -0.4 is 5.32 Å². The second-order valence-corrected chi connectivity index (χ2v) is 7.86. The van der Waals surface area contributed by atoms with E-state index in [0.29, 0.717) is 44.3 Å². The summed E-state index contributed by atoms with van der Waals surface area (Å²) in [5.74, 6) is 1.94. The molecule has 5 nitrogen and oxygen atoms in total. The van der Waals surface area contributed by atoms with Crippen molar-refractivity contribution in [2.75, 3.05) is 5.32 Å². The molecule has 0 bridgehead atoms. The minimum Gasteiger partial charge on any atom is -0.459 e. The van der Waals surface area contributed by atoms with Crippen LogP contribution in [0.5, 0.6) is 0 Å². The molecule has 0 fully saturated rings. The lowest BCUT2D eigenvalue weighted by Gasteiger charge is -2.07. The number of aryl methyl sites for hydroxylation is 1. The number of benzene rings is 2. The number of amides is 1. The number of aliphatic hydroxyl groups excluding tert-OH is 1. The molecule has 0 saturated heterocycles. The summed E-state index contributed by atoms with van der Waals surface area (Å²) in [5, 5.41) is 12.8. The molecule has 4 rings (SSSR count). The highest BCUT2D eigenvalue weighted by molar-refractivity contribution is 6.43.